The van der Waals surface area contributed by atoms with Crippen molar-refractivity contribution < 1.29 is 13.9 Å². The molecule has 0 aliphatic carbocycles. The van der Waals surface area contributed by atoms with Crippen LogP contribution in [0.15, 0.2) is 54.6 Å². The van der Waals surface area contributed by atoms with Gasteiger partial charge in [0.25, 0.3) is 7.37 Å². The Kier molecular flexibility index (Phi) is 5.29. The Bertz CT molecular complexity index is 1010. The summed E-state index contributed by atoms with van der Waals surface area (Å²) in [6, 6.07) is 16.1. The summed E-state index contributed by atoms with van der Waals surface area (Å²) in [4.78, 5) is 15.5. The number of carbonyl (C=O) groups is 1. The summed E-state index contributed by atoms with van der Waals surface area (Å²) in [6.07, 6.45) is 0. The molecule has 5 heteroatoms. The Morgan fingerprint density at radius 2 is 1.54 bits per heavy atom. The second-order valence-electron chi connectivity index (χ2n) is 6.13. The van der Waals surface area contributed by atoms with Gasteiger partial charge in [0.1, 0.15) is 0 Å². The van der Waals surface area contributed by atoms with Crippen molar-refractivity contribution in [3.63, 3.8) is 0 Å². The van der Waals surface area contributed by atoms with E-state index in [0.717, 1.165) is 15.3 Å². The summed E-state index contributed by atoms with van der Waals surface area (Å²) >= 11 is 1.61. The lowest BCUT2D eigenvalue weighted by atomic mass is 10.00. The molecular weight excluding hydrogens is 363 g/mol. The maximum absolute atomic E-state index is 13.7. The average Bonchev–Trinajstić information content (AvgIpc) is 2.93. The largest absolute Gasteiger partial charge is 0.325 e. The van der Waals surface area contributed by atoms with Gasteiger partial charge in [0, 0.05) is 33.3 Å². The van der Waals surface area contributed by atoms with Gasteiger partial charge in [-0.2, -0.15) is 0 Å². The molecule has 26 heavy (non-hydrogen) atoms. The van der Waals surface area contributed by atoms with Crippen molar-refractivity contribution >= 4 is 35.1 Å². The minimum atomic E-state index is -3.36. The van der Waals surface area contributed by atoms with E-state index in [4.69, 9.17) is 4.52 Å². The molecule has 0 amide bonds. The SMILES string of the molecule is COP(=O)(c1ccccc1)c1ccccc1C(=O)c1c(C)sc(C)c1C. The van der Waals surface area contributed by atoms with E-state index in [1.54, 1.807) is 47.7 Å². The van der Waals surface area contributed by atoms with Gasteiger partial charge < -0.3 is 4.52 Å². The molecule has 3 aromatic rings. The van der Waals surface area contributed by atoms with Crippen LogP contribution in [0.25, 0.3) is 0 Å². The van der Waals surface area contributed by atoms with Gasteiger partial charge in [-0.25, -0.2) is 0 Å². The summed E-state index contributed by atoms with van der Waals surface area (Å²) in [6.45, 7) is 5.93. The molecule has 0 fully saturated rings. The van der Waals surface area contributed by atoms with Crippen LogP contribution in [-0.4, -0.2) is 12.9 Å². The molecule has 0 saturated heterocycles. The van der Waals surface area contributed by atoms with Crippen LogP contribution < -0.4 is 10.6 Å². The van der Waals surface area contributed by atoms with Crippen molar-refractivity contribution in [3.8, 4) is 0 Å². The van der Waals surface area contributed by atoms with Crippen LogP contribution in [0.1, 0.15) is 31.2 Å². The minimum absolute atomic E-state index is 0.104. The maximum Gasteiger partial charge on any atom is 0.261 e. The van der Waals surface area contributed by atoms with Gasteiger partial charge in [-0.15, -0.1) is 11.3 Å². The van der Waals surface area contributed by atoms with Gasteiger partial charge in [0.05, 0.1) is 5.30 Å². The van der Waals surface area contributed by atoms with Crippen LogP contribution in [0.2, 0.25) is 0 Å². The van der Waals surface area contributed by atoms with E-state index in [2.05, 4.69) is 0 Å². The van der Waals surface area contributed by atoms with E-state index in [1.165, 1.54) is 7.11 Å². The number of rotatable bonds is 5. The number of benzene rings is 2. The van der Waals surface area contributed by atoms with Crippen LogP contribution >= 0.6 is 18.7 Å². The van der Waals surface area contributed by atoms with E-state index < -0.39 is 7.37 Å². The Balaban J connectivity index is 2.21. The van der Waals surface area contributed by atoms with Gasteiger partial charge in [-0.3, -0.25) is 9.36 Å². The van der Waals surface area contributed by atoms with Crippen LogP contribution in [-0.2, 0) is 9.09 Å². The molecule has 0 aliphatic heterocycles. The second-order valence-corrected chi connectivity index (χ2v) is 10.0. The molecule has 1 atom stereocenters. The van der Waals surface area contributed by atoms with Crippen LogP contribution in [0.4, 0.5) is 0 Å². The van der Waals surface area contributed by atoms with E-state index >= 15 is 0 Å². The van der Waals surface area contributed by atoms with Crippen molar-refractivity contribution in [1.29, 1.82) is 0 Å². The predicted molar refractivity (Wildman–Crippen MR) is 109 cm³/mol. The lowest BCUT2D eigenvalue weighted by Gasteiger charge is -2.19. The standard InChI is InChI=1S/C21H21O3PS/c1-14-15(2)26-16(3)20(14)21(22)18-12-8-9-13-19(18)25(23,24-4)17-10-6-5-7-11-17/h5-13H,1-4H3. The smallest absolute Gasteiger partial charge is 0.261 e. The first-order valence-electron chi connectivity index (χ1n) is 8.32. The fourth-order valence-corrected chi connectivity index (χ4v) is 6.24. The number of hydrogen-bond donors (Lipinski definition) is 0. The summed E-state index contributed by atoms with van der Waals surface area (Å²) in [7, 11) is -1.93. The molecule has 1 aromatic heterocycles. The number of ketones is 1. The summed E-state index contributed by atoms with van der Waals surface area (Å²) in [5.41, 5.74) is 2.13. The topological polar surface area (TPSA) is 43.4 Å². The highest BCUT2D eigenvalue weighted by molar-refractivity contribution is 7.74. The minimum Gasteiger partial charge on any atom is -0.325 e. The summed E-state index contributed by atoms with van der Waals surface area (Å²) in [5, 5.41) is 1.03. The van der Waals surface area contributed by atoms with E-state index in [9.17, 15) is 9.36 Å². The molecule has 0 saturated carbocycles. The molecule has 0 radical (unpaired) electrons. The first-order chi connectivity index (χ1) is 12.4. The van der Waals surface area contributed by atoms with Gasteiger partial charge in [0.2, 0.25) is 0 Å². The third-order valence-electron chi connectivity index (χ3n) is 4.61. The first kappa shape index (κ1) is 18.8. The highest BCUT2D eigenvalue weighted by Gasteiger charge is 2.32. The zero-order valence-electron chi connectivity index (χ0n) is 15.3. The van der Waals surface area contributed by atoms with Crippen LogP contribution in [0.3, 0.4) is 0 Å². The van der Waals surface area contributed by atoms with E-state index in [0.29, 0.717) is 21.7 Å². The molecule has 0 aliphatic rings. The normalized spacial score (nSPS) is 13.4. The lowest BCUT2D eigenvalue weighted by Crippen LogP contribution is -2.23. The fraction of sp³-hybridized carbons (Fsp3) is 0.190. The zero-order chi connectivity index (χ0) is 18.9. The molecular formula is C21H21O3PS. The molecule has 134 valence electrons. The Labute approximate surface area is 158 Å². The number of carbonyl (C=O) groups excluding carboxylic acids is 1. The lowest BCUT2D eigenvalue weighted by molar-refractivity contribution is 0.103. The highest BCUT2D eigenvalue weighted by atomic mass is 32.1. The third-order valence-corrected chi connectivity index (χ3v) is 8.25. The fourth-order valence-electron chi connectivity index (χ4n) is 3.15. The van der Waals surface area contributed by atoms with Crippen molar-refractivity contribution in [3.05, 3.63) is 81.0 Å². The average molecular weight is 384 g/mol. The highest BCUT2D eigenvalue weighted by Crippen LogP contribution is 2.45. The molecule has 1 unspecified atom stereocenters. The van der Waals surface area contributed by atoms with Crippen molar-refractivity contribution in [2.75, 3.05) is 7.11 Å². The molecule has 3 nitrogen and oxygen atoms in total. The molecule has 3 rings (SSSR count). The van der Waals surface area contributed by atoms with Crippen LogP contribution in [0, 0.1) is 20.8 Å². The molecule has 0 spiro atoms. The van der Waals surface area contributed by atoms with Crippen molar-refractivity contribution in [1.82, 2.24) is 0 Å². The van der Waals surface area contributed by atoms with Gasteiger partial charge in [-0.05, 0) is 44.5 Å². The summed E-state index contributed by atoms with van der Waals surface area (Å²) in [5.74, 6) is -0.104. The molecule has 1 heterocycles. The molecule has 0 N–H and O–H groups in total. The Morgan fingerprint density at radius 3 is 2.12 bits per heavy atom. The van der Waals surface area contributed by atoms with Crippen molar-refractivity contribution in [2.24, 2.45) is 0 Å². The first-order valence-corrected chi connectivity index (χ1v) is 10.8. The summed E-state index contributed by atoms with van der Waals surface area (Å²) < 4.78 is 19.3. The number of aryl methyl sites for hydroxylation is 2. The number of hydrogen-bond acceptors (Lipinski definition) is 4. The van der Waals surface area contributed by atoms with E-state index in [-0.39, 0.29) is 5.78 Å². The van der Waals surface area contributed by atoms with Gasteiger partial charge in [-0.1, -0.05) is 36.4 Å². The maximum atomic E-state index is 13.7. The van der Waals surface area contributed by atoms with Crippen molar-refractivity contribution in [2.45, 2.75) is 20.8 Å². The second kappa shape index (κ2) is 7.32. The van der Waals surface area contributed by atoms with E-state index in [1.807, 2.05) is 39.0 Å². The van der Waals surface area contributed by atoms with Gasteiger partial charge >= 0.3 is 0 Å². The Morgan fingerprint density at radius 1 is 0.923 bits per heavy atom. The van der Waals surface area contributed by atoms with Crippen LogP contribution in [0.5, 0.6) is 0 Å². The quantitative estimate of drug-likeness (QED) is 0.470. The molecule has 2 aromatic carbocycles. The predicted octanol–water partition coefficient (Wildman–Crippen LogP) is 4.78. The third kappa shape index (κ3) is 3.09. The monoisotopic (exact) mass is 384 g/mol. The van der Waals surface area contributed by atoms with Gasteiger partial charge in [0.15, 0.2) is 5.78 Å². The molecule has 0 bridgehead atoms. The Hall–Kier alpha value is -2.00. The number of thiophene rings is 1. The zero-order valence-corrected chi connectivity index (χ0v) is 17.0.